The number of nitrogens with zero attached hydrogens (tertiary/aromatic N) is 2. The zero-order valence-corrected chi connectivity index (χ0v) is 20.5. The average Bonchev–Trinajstić information content (AvgIpc) is 3.43. The second-order valence-corrected chi connectivity index (χ2v) is 9.66. The summed E-state index contributed by atoms with van der Waals surface area (Å²) in [4.78, 5) is 39.7. The van der Waals surface area contributed by atoms with Crippen LogP contribution in [0, 0.1) is 0 Å². The van der Waals surface area contributed by atoms with E-state index < -0.39 is 43.1 Å². The Hall–Kier alpha value is -2.91. The lowest BCUT2D eigenvalue weighted by Gasteiger charge is -2.25. The van der Waals surface area contributed by atoms with Gasteiger partial charge in [0.25, 0.3) is 0 Å². The van der Waals surface area contributed by atoms with Crippen LogP contribution in [0.4, 0.5) is 8.78 Å². The molecule has 1 amide bonds. The number of aromatic nitrogens is 1. The van der Waals surface area contributed by atoms with Gasteiger partial charge in [0.2, 0.25) is 5.91 Å². The third kappa shape index (κ3) is 5.36. The van der Waals surface area contributed by atoms with Crippen molar-refractivity contribution in [2.75, 3.05) is 19.8 Å². The number of Topliss-reactive ketones (excluding diaryl/α,β-unsaturated/α-hetero) is 2. The van der Waals surface area contributed by atoms with Crippen molar-refractivity contribution in [1.29, 1.82) is 0 Å². The number of fused-ring (bicyclic) bond motifs is 1. The molecule has 1 aliphatic heterocycles. The monoisotopic (exact) mass is 546 g/mol. The van der Waals surface area contributed by atoms with E-state index in [1.165, 1.54) is 11.1 Å². The zero-order chi connectivity index (χ0) is 25.1. The van der Waals surface area contributed by atoms with E-state index in [1.807, 2.05) is 0 Å². The number of likely N-dealkylation sites (tertiary alicyclic amines) is 1. The highest BCUT2D eigenvalue weighted by atomic mass is 79.9. The molecule has 2 heterocycles. The summed E-state index contributed by atoms with van der Waals surface area (Å²) in [6.45, 7) is -1.83. The molecule has 6 nitrogen and oxygen atoms in total. The van der Waals surface area contributed by atoms with Crippen molar-refractivity contribution in [3.63, 3.8) is 0 Å². The van der Waals surface area contributed by atoms with Crippen molar-refractivity contribution in [3.05, 3.63) is 70.3 Å². The first kappa shape index (κ1) is 25.2. The van der Waals surface area contributed by atoms with Crippen LogP contribution in [-0.2, 0) is 16.1 Å². The third-order valence-electron chi connectivity index (χ3n) is 6.43. The van der Waals surface area contributed by atoms with Crippen LogP contribution < -0.4 is 0 Å². The molecular weight excluding hydrogens is 522 g/mol. The maximum atomic E-state index is 14.4. The second kappa shape index (κ2) is 10.8. The fraction of sp³-hybridized carbons (Fsp3) is 0.346. The van der Waals surface area contributed by atoms with E-state index in [4.69, 9.17) is 0 Å². The second-order valence-electron chi connectivity index (χ2n) is 8.74. The van der Waals surface area contributed by atoms with E-state index >= 15 is 0 Å². The molecule has 3 atom stereocenters. The Kier molecular flexibility index (Phi) is 7.76. The number of carbonyl (C=O) groups excluding carboxylic acids is 3. The van der Waals surface area contributed by atoms with Gasteiger partial charge in [0, 0.05) is 45.9 Å². The van der Waals surface area contributed by atoms with Crippen LogP contribution in [0.2, 0.25) is 0 Å². The van der Waals surface area contributed by atoms with Crippen LogP contribution in [0.25, 0.3) is 10.9 Å². The SMILES string of the molecule is O=C(CO)c1cn(CC(=O)N2C[C@H](F)C[C@H]2C(=O)C[C@H](CF)c2cccc(Br)c2)c2ccccc12. The number of aliphatic hydroxyl groups is 1. The van der Waals surface area contributed by atoms with E-state index in [-0.39, 0.29) is 37.3 Å². The summed E-state index contributed by atoms with van der Waals surface area (Å²) < 4.78 is 30.5. The van der Waals surface area contributed by atoms with Crippen LogP contribution in [0.1, 0.15) is 34.7 Å². The fourth-order valence-electron chi connectivity index (χ4n) is 4.69. The molecule has 0 saturated carbocycles. The molecule has 1 N–H and O–H groups in total. The highest BCUT2D eigenvalue weighted by molar-refractivity contribution is 9.10. The summed E-state index contributed by atoms with van der Waals surface area (Å²) in [5.41, 5.74) is 1.56. The number of rotatable bonds is 9. The summed E-state index contributed by atoms with van der Waals surface area (Å²) in [7, 11) is 0. The maximum Gasteiger partial charge on any atom is 0.243 e. The Labute approximate surface area is 209 Å². The number of amides is 1. The number of alkyl halides is 2. The van der Waals surface area contributed by atoms with Crippen molar-refractivity contribution in [2.45, 2.75) is 37.5 Å². The van der Waals surface area contributed by atoms with Gasteiger partial charge in [-0.1, -0.05) is 46.3 Å². The Morgan fingerprint density at radius 1 is 1.14 bits per heavy atom. The van der Waals surface area contributed by atoms with Gasteiger partial charge >= 0.3 is 0 Å². The van der Waals surface area contributed by atoms with Crippen LogP contribution in [-0.4, -0.2) is 64.1 Å². The van der Waals surface area contributed by atoms with E-state index in [2.05, 4.69) is 15.9 Å². The normalized spacial score (nSPS) is 18.7. The van der Waals surface area contributed by atoms with Gasteiger partial charge < -0.3 is 14.6 Å². The third-order valence-corrected chi connectivity index (χ3v) is 6.93. The summed E-state index contributed by atoms with van der Waals surface area (Å²) in [6.07, 6.45) is -0.123. The summed E-state index contributed by atoms with van der Waals surface area (Å²) in [6, 6.07) is 13.0. The summed E-state index contributed by atoms with van der Waals surface area (Å²) in [5.74, 6) is -2.01. The molecule has 2 aromatic carbocycles. The lowest BCUT2D eigenvalue weighted by Crippen LogP contribution is -2.42. The number of benzene rings is 2. The van der Waals surface area contributed by atoms with Gasteiger partial charge in [-0.3, -0.25) is 18.8 Å². The summed E-state index contributed by atoms with van der Waals surface area (Å²) >= 11 is 3.35. The minimum atomic E-state index is -1.35. The van der Waals surface area contributed by atoms with Crippen LogP contribution in [0.15, 0.2) is 59.2 Å². The molecule has 1 fully saturated rings. The van der Waals surface area contributed by atoms with Gasteiger partial charge in [0.05, 0.1) is 19.3 Å². The predicted molar refractivity (Wildman–Crippen MR) is 131 cm³/mol. The zero-order valence-electron chi connectivity index (χ0n) is 18.9. The van der Waals surface area contributed by atoms with Crippen LogP contribution in [0.5, 0.6) is 0 Å². The number of carbonyl (C=O) groups is 3. The molecule has 0 bridgehead atoms. The molecule has 0 radical (unpaired) electrons. The quantitative estimate of drug-likeness (QED) is 0.407. The van der Waals surface area contributed by atoms with Gasteiger partial charge in [-0.2, -0.15) is 0 Å². The highest BCUT2D eigenvalue weighted by Gasteiger charge is 2.40. The largest absolute Gasteiger partial charge is 0.388 e. The number of ketones is 2. The molecule has 3 aromatic rings. The average molecular weight is 547 g/mol. The Morgan fingerprint density at radius 3 is 2.63 bits per heavy atom. The number of hydrogen-bond donors (Lipinski definition) is 1. The fourth-order valence-corrected chi connectivity index (χ4v) is 5.10. The van der Waals surface area contributed by atoms with Gasteiger partial charge in [0.15, 0.2) is 11.6 Å². The lowest BCUT2D eigenvalue weighted by molar-refractivity contribution is -0.138. The molecule has 9 heteroatoms. The molecule has 184 valence electrons. The molecule has 0 unspecified atom stereocenters. The molecule has 1 aromatic heterocycles. The minimum Gasteiger partial charge on any atom is -0.388 e. The van der Waals surface area contributed by atoms with E-state index in [0.29, 0.717) is 16.5 Å². The van der Waals surface area contributed by atoms with Crippen LogP contribution >= 0.6 is 15.9 Å². The van der Waals surface area contributed by atoms with Crippen molar-refractivity contribution >= 4 is 44.3 Å². The molecule has 1 saturated heterocycles. The number of hydrogen-bond acceptors (Lipinski definition) is 4. The molecule has 1 aliphatic rings. The number of para-hydroxylation sites is 1. The topological polar surface area (TPSA) is 79.6 Å². The molecule has 35 heavy (non-hydrogen) atoms. The first-order valence-corrected chi connectivity index (χ1v) is 12.1. The van der Waals surface area contributed by atoms with Crippen LogP contribution in [0.3, 0.4) is 0 Å². The van der Waals surface area contributed by atoms with E-state index in [0.717, 1.165) is 4.47 Å². The lowest BCUT2D eigenvalue weighted by atomic mass is 9.92. The Bertz CT molecular complexity index is 1260. The summed E-state index contributed by atoms with van der Waals surface area (Å²) in [5, 5.41) is 9.88. The van der Waals surface area contributed by atoms with Gasteiger partial charge in [0.1, 0.15) is 19.3 Å². The molecular formula is C26H25BrF2N2O4. The van der Waals surface area contributed by atoms with Crippen molar-refractivity contribution < 1.29 is 28.3 Å². The first-order chi connectivity index (χ1) is 16.8. The molecule has 0 spiro atoms. The van der Waals surface area contributed by atoms with Crippen molar-refractivity contribution in [1.82, 2.24) is 9.47 Å². The predicted octanol–water partition coefficient (Wildman–Crippen LogP) is 4.23. The minimum absolute atomic E-state index is 0.122. The molecule has 0 aliphatic carbocycles. The van der Waals surface area contributed by atoms with E-state index in [9.17, 15) is 28.3 Å². The van der Waals surface area contributed by atoms with Gasteiger partial charge in [-0.15, -0.1) is 0 Å². The smallest absolute Gasteiger partial charge is 0.243 e. The molecule has 4 rings (SSSR count). The van der Waals surface area contributed by atoms with Crippen molar-refractivity contribution in [2.24, 2.45) is 0 Å². The first-order valence-electron chi connectivity index (χ1n) is 11.3. The van der Waals surface area contributed by atoms with Gasteiger partial charge in [-0.05, 0) is 23.8 Å². The number of halogens is 3. The van der Waals surface area contributed by atoms with E-state index in [1.54, 1.807) is 53.1 Å². The highest BCUT2D eigenvalue weighted by Crippen LogP contribution is 2.29. The van der Waals surface area contributed by atoms with Crippen molar-refractivity contribution in [3.8, 4) is 0 Å². The standard InChI is InChI=1S/C26H25BrF2N2O4/c27-18-5-3-4-16(8-18)17(11-28)9-24(33)23-10-19(29)12-31(23)26(35)14-30-13-21(25(34)15-32)20-6-1-2-7-22(20)30/h1-8,13,17,19,23,32H,9-12,14-15H2/t17-,19-,23+/m1/s1. The Balaban J connectivity index is 1.54. The Morgan fingerprint density at radius 2 is 1.91 bits per heavy atom. The number of aliphatic hydroxyl groups excluding tert-OH is 1. The maximum absolute atomic E-state index is 14.4. The van der Waals surface area contributed by atoms with Gasteiger partial charge in [-0.25, -0.2) is 4.39 Å².